The number of thiophene rings is 1. The molecule has 0 nitrogen and oxygen atoms in total. The third-order valence-corrected chi connectivity index (χ3v) is 14.7. The molecule has 60 heavy (non-hydrogen) atoms. The molecule has 0 unspecified atom stereocenters. The average Bonchev–Trinajstić information content (AvgIpc) is 3.77. The molecular weight excluding hydrogens is 741 g/mol. The molecule has 12 aromatic rings. The number of rotatable bonds is 3. The van der Waals surface area contributed by atoms with Crippen molar-refractivity contribution in [3.8, 4) is 44.5 Å². The minimum absolute atomic E-state index is 0.0831. The average molecular weight is 779 g/mol. The fourth-order valence-corrected chi connectivity index (χ4v) is 11.9. The van der Waals surface area contributed by atoms with Gasteiger partial charge in [0.15, 0.2) is 0 Å². The van der Waals surface area contributed by atoms with Crippen LogP contribution in [-0.4, -0.2) is 0 Å². The first kappa shape index (κ1) is 33.9. The summed E-state index contributed by atoms with van der Waals surface area (Å²) in [6.45, 7) is 4.81. The van der Waals surface area contributed by atoms with Crippen LogP contribution in [0.5, 0.6) is 0 Å². The minimum atomic E-state index is -0.0831. The molecule has 0 saturated heterocycles. The summed E-state index contributed by atoms with van der Waals surface area (Å²) in [5.41, 5.74) is 13.2. The Morgan fingerprint density at radius 1 is 0.317 bits per heavy atom. The predicted molar refractivity (Wildman–Crippen MR) is 261 cm³/mol. The third-order valence-electron chi connectivity index (χ3n) is 13.6. The molecule has 0 bridgehead atoms. The van der Waals surface area contributed by atoms with Gasteiger partial charge in [0.05, 0.1) is 0 Å². The highest BCUT2D eigenvalue weighted by Crippen LogP contribution is 2.54. The molecule has 0 atom stereocenters. The van der Waals surface area contributed by atoms with Gasteiger partial charge in [0, 0.05) is 25.6 Å². The van der Waals surface area contributed by atoms with Crippen molar-refractivity contribution in [2.24, 2.45) is 0 Å². The van der Waals surface area contributed by atoms with Crippen LogP contribution >= 0.6 is 11.3 Å². The zero-order chi connectivity index (χ0) is 39.7. The molecule has 1 heteroatoms. The van der Waals surface area contributed by atoms with E-state index in [0.29, 0.717) is 0 Å². The maximum Gasteiger partial charge on any atom is 0.0361 e. The molecule has 0 amide bonds. The van der Waals surface area contributed by atoms with Crippen molar-refractivity contribution in [3.05, 3.63) is 205 Å². The number of benzene rings is 11. The van der Waals surface area contributed by atoms with Crippen molar-refractivity contribution in [2.75, 3.05) is 0 Å². The van der Waals surface area contributed by atoms with Crippen LogP contribution in [0, 0.1) is 0 Å². The lowest BCUT2D eigenvalue weighted by Gasteiger charge is -2.23. The molecule has 13 rings (SSSR count). The summed E-state index contributed by atoms with van der Waals surface area (Å²) >= 11 is 1.91. The van der Waals surface area contributed by atoms with E-state index in [1.54, 1.807) is 0 Å². The Morgan fingerprint density at radius 3 is 1.58 bits per heavy atom. The Hall–Kier alpha value is -7.06. The second kappa shape index (κ2) is 12.5. The topological polar surface area (TPSA) is 0 Å². The zero-order valence-corrected chi connectivity index (χ0v) is 34.2. The Bertz CT molecular complexity index is 3740. The third kappa shape index (κ3) is 4.79. The standard InChI is InChI=1S/C59H38S/c1-59(2)53-33-52-51-32-40(27-29-54(51)60-55(52)34-50(53)49-28-26-36-13-4-6-16-43(36)58(49)59)38-22-23-39-31-41(25-24-37(39)30-38)56-45-17-7-9-19-47(45)57(48-20-10-8-18-46(48)56)44-21-11-14-35-12-3-5-15-42(35)44/h3-34H,1-2H3. The van der Waals surface area contributed by atoms with Crippen LogP contribution in [-0.2, 0) is 5.41 Å². The summed E-state index contributed by atoms with van der Waals surface area (Å²) in [6, 6.07) is 73.0. The first-order chi connectivity index (χ1) is 29.5. The monoisotopic (exact) mass is 778 g/mol. The summed E-state index contributed by atoms with van der Waals surface area (Å²) < 4.78 is 2.69. The van der Waals surface area contributed by atoms with E-state index in [0.717, 1.165) is 0 Å². The largest absolute Gasteiger partial charge is 0.135 e. The lowest BCUT2D eigenvalue weighted by Crippen LogP contribution is -2.15. The van der Waals surface area contributed by atoms with Crippen LogP contribution in [0.1, 0.15) is 25.0 Å². The molecule has 0 aliphatic heterocycles. The van der Waals surface area contributed by atoms with Crippen LogP contribution in [0.15, 0.2) is 194 Å². The van der Waals surface area contributed by atoms with Crippen molar-refractivity contribution in [1.82, 2.24) is 0 Å². The summed E-state index contributed by atoms with van der Waals surface area (Å²) in [5.74, 6) is 0. The summed E-state index contributed by atoms with van der Waals surface area (Å²) in [6.07, 6.45) is 0. The van der Waals surface area contributed by atoms with Crippen LogP contribution in [0.4, 0.5) is 0 Å². The van der Waals surface area contributed by atoms with E-state index in [1.165, 1.54) is 130 Å². The molecule has 280 valence electrons. The van der Waals surface area contributed by atoms with Crippen molar-refractivity contribution < 1.29 is 0 Å². The van der Waals surface area contributed by atoms with Gasteiger partial charge in [-0.25, -0.2) is 0 Å². The molecule has 0 spiro atoms. The van der Waals surface area contributed by atoms with Crippen LogP contribution in [0.25, 0.3) is 119 Å². The molecule has 1 heterocycles. The van der Waals surface area contributed by atoms with Crippen molar-refractivity contribution >= 4 is 85.4 Å². The van der Waals surface area contributed by atoms with Gasteiger partial charge >= 0.3 is 0 Å². The maximum atomic E-state index is 2.51. The number of hydrogen-bond acceptors (Lipinski definition) is 1. The van der Waals surface area contributed by atoms with Crippen molar-refractivity contribution in [2.45, 2.75) is 19.3 Å². The number of hydrogen-bond donors (Lipinski definition) is 0. The van der Waals surface area contributed by atoms with E-state index in [2.05, 4.69) is 208 Å². The van der Waals surface area contributed by atoms with Gasteiger partial charge in [-0.1, -0.05) is 172 Å². The molecular formula is C59H38S. The Kier molecular flexibility index (Phi) is 7.04. The Labute approximate surface area is 352 Å². The van der Waals surface area contributed by atoms with E-state index in [9.17, 15) is 0 Å². The molecule has 1 aliphatic rings. The van der Waals surface area contributed by atoms with Gasteiger partial charge in [0.2, 0.25) is 0 Å². The lowest BCUT2D eigenvalue weighted by molar-refractivity contribution is 0.667. The minimum Gasteiger partial charge on any atom is -0.135 e. The van der Waals surface area contributed by atoms with Crippen LogP contribution < -0.4 is 0 Å². The lowest BCUT2D eigenvalue weighted by atomic mass is 9.80. The van der Waals surface area contributed by atoms with E-state index >= 15 is 0 Å². The molecule has 0 radical (unpaired) electrons. The van der Waals surface area contributed by atoms with E-state index in [-0.39, 0.29) is 5.41 Å². The van der Waals surface area contributed by atoms with Gasteiger partial charge in [0.1, 0.15) is 0 Å². The second-order valence-electron chi connectivity index (χ2n) is 17.2. The molecule has 0 saturated carbocycles. The van der Waals surface area contributed by atoms with Crippen molar-refractivity contribution in [3.63, 3.8) is 0 Å². The zero-order valence-electron chi connectivity index (χ0n) is 33.4. The first-order valence-corrected chi connectivity index (χ1v) is 21.8. The highest BCUT2D eigenvalue weighted by Gasteiger charge is 2.37. The smallest absolute Gasteiger partial charge is 0.0361 e. The van der Waals surface area contributed by atoms with E-state index < -0.39 is 0 Å². The van der Waals surface area contributed by atoms with Gasteiger partial charge in [0.25, 0.3) is 0 Å². The van der Waals surface area contributed by atoms with Gasteiger partial charge in [-0.15, -0.1) is 11.3 Å². The SMILES string of the molecule is CC1(C)c2cc3c(cc2-c2ccc4ccccc4c21)sc1ccc(-c2ccc4cc(-c5c6ccccc6c(-c6cccc7ccccc67)c6ccccc56)ccc4c2)cc13. The summed E-state index contributed by atoms with van der Waals surface area (Å²) in [5, 5.41) is 15.5. The molecule has 0 N–H and O–H groups in total. The summed E-state index contributed by atoms with van der Waals surface area (Å²) in [7, 11) is 0. The highest BCUT2D eigenvalue weighted by molar-refractivity contribution is 7.25. The van der Waals surface area contributed by atoms with Crippen molar-refractivity contribution in [1.29, 1.82) is 0 Å². The molecule has 1 aromatic heterocycles. The van der Waals surface area contributed by atoms with Gasteiger partial charge < -0.3 is 0 Å². The van der Waals surface area contributed by atoms with Crippen LogP contribution in [0.3, 0.4) is 0 Å². The van der Waals surface area contributed by atoms with Gasteiger partial charge in [-0.2, -0.15) is 0 Å². The van der Waals surface area contributed by atoms with Gasteiger partial charge in [-0.3, -0.25) is 0 Å². The quantitative estimate of drug-likeness (QED) is 0.157. The molecule has 1 aliphatic carbocycles. The Morgan fingerprint density at radius 2 is 0.850 bits per heavy atom. The van der Waals surface area contributed by atoms with Gasteiger partial charge in [-0.05, 0) is 146 Å². The Balaban J connectivity index is 0.923. The maximum absolute atomic E-state index is 2.51. The van der Waals surface area contributed by atoms with Crippen LogP contribution in [0.2, 0.25) is 0 Å². The summed E-state index contributed by atoms with van der Waals surface area (Å²) in [4.78, 5) is 0. The number of fused-ring (bicyclic) bond motifs is 12. The van der Waals surface area contributed by atoms with E-state index in [1.807, 2.05) is 11.3 Å². The highest BCUT2D eigenvalue weighted by atomic mass is 32.1. The fourth-order valence-electron chi connectivity index (χ4n) is 10.8. The van der Waals surface area contributed by atoms with E-state index in [4.69, 9.17) is 0 Å². The fraction of sp³-hybridized carbons (Fsp3) is 0.0508. The normalized spacial score (nSPS) is 13.3. The molecule has 0 fully saturated rings. The molecule has 11 aromatic carbocycles. The first-order valence-electron chi connectivity index (χ1n) is 21.0. The second-order valence-corrected chi connectivity index (χ2v) is 18.3. The predicted octanol–water partition coefficient (Wildman–Crippen LogP) is 17.1.